The predicted molar refractivity (Wildman–Crippen MR) is 102 cm³/mol. The molecule has 0 fully saturated rings. The Morgan fingerprint density at radius 3 is 1.64 bits per heavy atom. The topological polar surface area (TPSA) is 86.7 Å². The first-order chi connectivity index (χ1) is 11.7. The van der Waals surface area contributed by atoms with Crippen LogP contribution in [0, 0.1) is 5.92 Å². The van der Waals surface area contributed by atoms with Crippen molar-refractivity contribution in [1.82, 2.24) is 0 Å². The minimum Gasteiger partial charge on any atom is -0.466 e. The van der Waals surface area contributed by atoms with E-state index in [1.807, 2.05) is 6.92 Å². The summed E-state index contributed by atoms with van der Waals surface area (Å²) in [6, 6.07) is 0. The second-order valence-electron chi connectivity index (χ2n) is 5.08. The summed E-state index contributed by atoms with van der Waals surface area (Å²) in [6.45, 7) is 11.0. The van der Waals surface area contributed by atoms with Crippen molar-refractivity contribution in [2.24, 2.45) is 5.92 Å². The van der Waals surface area contributed by atoms with E-state index in [0.29, 0.717) is 19.6 Å². The minimum atomic E-state index is -0.546. The molecule has 0 aliphatic heterocycles. The van der Waals surface area contributed by atoms with Crippen LogP contribution in [-0.2, 0) is 28.7 Å². The van der Waals surface area contributed by atoms with Crippen LogP contribution in [0.15, 0.2) is 0 Å². The number of ether oxygens (including phenoxy) is 2. The number of carbonyl (C=O) groups excluding carboxylic acids is 4. The Kier molecular flexibility index (Phi) is 23.8. The lowest BCUT2D eigenvalue weighted by Crippen LogP contribution is -2.24. The molecule has 1 atom stereocenters. The smallest absolute Gasteiger partial charge is 0.316 e. The summed E-state index contributed by atoms with van der Waals surface area (Å²) in [5.41, 5.74) is 0. The molecule has 25 heavy (non-hydrogen) atoms. The van der Waals surface area contributed by atoms with Crippen LogP contribution in [0.2, 0.25) is 0 Å². The van der Waals surface area contributed by atoms with E-state index in [4.69, 9.17) is 4.74 Å². The fourth-order valence-corrected chi connectivity index (χ4v) is 1.43. The number of hydrogen-bond donors (Lipinski definition) is 0. The fraction of sp³-hybridized carbons (Fsp3) is 0.778. The third-order valence-corrected chi connectivity index (χ3v) is 3.32. The molecule has 0 aromatic rings. The summed E-state index contributed by atoms with van der Waals surface area (Å²) >= 11 is 3.25. The molecule has 0 radical (unpaired) electrons. The van der Waals surface area contributed by atoms with E-state index in [-0.39, 0.29) is 24.0 Å². The quantitative estimate of drug-likeness (QED) is 0.317. The SMILES string of the molecule is CCCBr.CCCC(C(C)=O)C(=O)OCC.CCOC(=O)CC(C)=O. The Balaban J connectivity index is -0.000000328. The molecule has 7 heteroatoms. The van der Waals surface area contributed by atoms with Crippen molar-refractivity contribution in [3.8, 4) is 0 Å². The summed E-state index contributed by atoms with van der Waals surface area (Å²) in [7, 11) is 0. The predicted octanol–water partition coefficient (Wildman–Crippen LogP) is 3.87. The number of alkyl halides is 1. The van der Waals surface area contributed by atoms with Gasteiger partial charge in [-0.15, -0.1) is 0 Å². The maximum absolute atomic E-state index is 11.1. The molecule has 1 unspecified atom stereocenters. The van der Waals surface area contributed by atoms with Crippen molar-refractivity contribution in [2.45, 2.75) is 67.2 Å². The largest absolute Gasteiger partial charge is 0.466 e. The van der Waals surface area contributed by atoms with E-state index in [1.165, 1.54) is 20.3 Å². The first kappa shape index (κ1) is 28.6. The van der Waals surface area contributed by atoms with Crippen LogP contribution < -0.4 is 0 Å². The van der Waals surface area contributed by atoms with Gasteiger partial charge in [0.25, 0.3) is 0 Å². The molecule has 0 aromatic carbocycles. The maximum atomic E-state index is 11.1. The molecule has 0 spiro atoms. The number of Topliss-reactive ketones (excluding diaryl/α,β-unsaturated/α-hetero) is 2. The maximum Gasteiger partial charge on any atom is 0.316 e. The molecule has 0 saturated heterocycles. The highest BCUT2D eigenvalue weighted by molar-refractivity contribution is 9.09. The molecule has 0 rings (SSSR count). The summed E-state index contributed by atoms with van der Waals surface area (Å²) in [5.74, 6) is -1.63. The first-order valence-corrected chi connectivity index (χ1v) is 9.71. The van der Waals surface area contributed by atoms with Crippen LogP contribution in [-0.4, -0.2) is 42.0 Å². The van der Waals surface area contributed by atoms with Crippen LogP contribution in [0.25, 0.3) is 0 Å². The minimum absolute atomic E-state index is 0.102. The molecular weight excluding hydrogens is 392 g/mol. The average molecular weight is 425 g/mol. The van der Waals surface area contributed by atoms with E-state index in [2.05, 4.69) is 27.6 Å². The van der Waals surface area contributed by atoms with Gasteiger partial charge in [-0.2, -0.15) is 0 Å². The van der Waals surface area contributed by atoms with Crippen molar-refractivity contribution in [2.75, 3.05) is 18.5 Å². The number of rotatable bonds is 9. The van der Waals surface area contributed by atoms with Crippen molar-refractivity contribution < 1.29 is 28.7 Å². The highest BCUT2D eigenvalue weighted by Crippen LogP contribution is 2.09. The Morgan fingerprint density at radius 2 is 1.36 bits per heavy atom. The molecule has 0 heterocycles. The zero-order chi connectivity index (χ0) is 20.3. The Hall–Kier alpha value is -1.24. The molecule has 0 saturated carbocycles. The molecule has 0 N–H and O–H groups in total. The van der Waals surface area contributed by atoms with Gasteiger partial charge in [-0.25, -0.2) is 0 Å². The van der Waals surface area contributed by atoms with Gasteiger partial charge in [-0.3, -0.25) is 19.2 Å². The number of halogens is 1. The van der Waals surface area contributed by atoms with Crippen molar-refractivity contribution in [3.63, 3.8) is 0 Å². The van der Waals surface area contributed by atoms with Gasteiger partial charge in [0.15, 0.2) is 0 Å². The standard InChI is InChI=1S/C9H16O3.C6H10O3.C3H7Br/c1-4-6-8(7(3)10)9(11)12-5-2;1-3-9-6(8)4-5(2)7;1-2-3-4/h8H,4-6H2,1-3H3;3-4H2,1-2H3;2-3H2,1H3. The Labute approximate surface area is 160 Å². The zero-order valence-electron chi connectivity index (χ0n) is 16.4. The summed E-state index contributed by atoms with van der Waals surface area (Å²) in [5, 5.41) is 1.13. The second-order valence-corrected chi connectivity index (χ2v) is 5.87. The van der Waals surface area contributed by atoms with Crippen LogP contribution in [0.3, 0.4) is 0 Å². The normalized spacial score (nSPS) is 10.2. The highest BCUT2D eigenvalue weighted by Gasteiger charge is 2.22. The third kappa shape index (κ3) is 22.8. The van der Waals surface area contributed by atoms with E-state index in [9.17, 15) is 19.2 Å². The molecule has 0 aromatic heterocycles. The molecule has 6 nitrogen and oxygen atoms in total. The van der Waals surface area contributed by atoms with Gasteiger partial charge in [0, 0.05) is 5.33 Å². The van der Waals surface area contributed by atoms with Crippen LogP contribution >= 0.6 is 15.9 Å². The fourth-order valence-electron chi connectivity index (χ4n) is 1.43. The molecule has 0 amide bonds. The molecule has 0 aliphatic rings. The van der Waals surface area contributed by atoms with E-state index >= 15 is 0 Å². The number of hydrogen-bond acceptors (Lipinski definition) is 6. The van der Waals surface area contributed by atoms with Crippen LogP contribution in [0.1, 0.15) is 67.2 Å². The molecule has 0 aliphatic carbocycles. The van der Waals surface area contributed by atoms with Crippen molar-refractivity contribution in [3.05, 3.63) is 0 Å². The summed E-state index contributed by atoms with van der Waals surface area (Å²) in [6.07, 6.45) is 2.55. The van der Waals surface area contributed by atoms with Gasteiger partial charge >= 0.3 is 11.9 Å². The highest BCUT2D eigenvalue weighted by atomic mass is 79.9. The average Bonchev–Trinajstić information content (AvgIpc) is 2.52. The van der Waals surface area contributed by atoms with Gasteiger partial charge in [-0.05, 0) is 40.5 Å². The van der Waals surface area contributed by atoms with E-state index in [0.717, 1.165) is 11.8 Å². The molecule has 148 valence electrons. The number of carbonyl (C=O) groups is 4. The van der Waals surface area contributed by atoms with Gasteiger partial charge in [0.2, 0.25) is 0 Å². The molecule has 0 bridgehead atoms. The van der Waals surface area contributed by atoms with Crippen LogP contribution in [0.4, 0.5) is 0 Å². The van der Waals surface area contributed by atoms with E-state index in [1.54, 1.807) is 13.8 Å². The second kappa shape index (κ2) is 20.8. The first-order valence-electron chi connectivity index (χ1n) is 8.59. The number of ketones is 2. The summed E-state index contributed by atoms with van der Waals surface area (Å²) < 4.78 is 9.25. The Morgan fingerprint density at radius 1 is 0.880 bits per heavy atom. The van der Waals surface area contributed by atoms with Gasteiger partial charge in [0.05, 0.1) is 13.2 Å². The van der Waals surface area contributed by atoms with Crippen molar-refractivity contribution in [1.29, 1.82) is 0 Å². The lowest BCUT2D eigenvalue weighted by atomic mass is 10.00. The molecular formula is C18H33BrO6. The lowest BCUT2D eigenvalue weighted by Gasteiger charge is -2.10. The Bertz CT molecular complexity index is 380. The van der Waals surface area contributed by atoms with Crippen molar-refractivity contribution >= 4 is 39.4 Å². The van der Waals surface area contributed by atoms with Gasteiger partial charge < -0.3 is 9.47 Å². The lowest BCUT2D eigenvalue weighted by molar-refractivity contribution is -0.151. The zero-order valence-corrected chi connectivity index (χ0v) is 17.9. The third-order valence-electron chi connectivity index (χ3n) is 2.53. The van der Waals surface area contributed by atoms with E-state index < -0.39 is 11.9 Å². The number of esters is 2. The van der Waals surface area contributed by atoms with Crippen LogP contribution in [0.5, 0.6) is 0 Å². The van der Waals surface area contributed by atoms with Gasteiger partial charge in [-0.1, -0.05) is 36.2 Å². The van der Waals surface area contributed by atoms with Gasteiger partial charge in [0.1, 0.15) is 23.9 Å². The summed E-state index contributed by atoms with van der Waals surface area (Å²) in [4.78, 5) is 42.7. The monoisotopic (exact) mass is 424 g/mol.